The van der Waals surface area contributed by atoms with Crippen LogP contribution in [-0.2, 0) is 17.9 Å². The number of carbonyl (C=O) groups is 1. The third kappa shape index (κ3) is 2.20. The van der Waals surface area contributed by atoms with Crippen molar-refractivity contribution >= 4 is 12.0 Å². The smallest absolute Gasteiger partial charge is 0.278 e. The van der Waals surface area contributed by atoms with Crippen molar-refractivity contribution in [2.45, 2.75) is 33.9 Å². The highest BCUT2D eigenvalue weighted by Gasteiger charge is 2.15. The van der Waals surface area contributed by atoms with E-state index in [1.54, 1.807) is 0 Å². The van der Waals surface area contributed by atoms with Crippen molar-refractivity contribution in [2.75, 3.05) is 0 Å². The van der Waals surface area contributed by atoms with Gasteiger partial charge in [0.2, 0.25) is 5.91 Å². The second-order valence-corrected chi connectivity index (χ2v) is 4.72. The molecule has 0 aromatic carbocycles. The average molecular weight is 247 g/mol. The summed E-state index contributed by atoms with van der Waals surface area (Å²) in [5.74, 6) is 0.547. The van der Waals surface area contributed by atoms with Crippen LogP contribution in [0.25, 0.3) is 6.08 Å². The summed E-state index contributed by atoms with van der Waals surface area (Å²) >= 11 is 0. The third-order valence-corrected chi connectivity index (χ3v) is 3.11. The number of allylic oxidation sites excluding steroid dienone is 1. The number of hydrogen-bond donors (Lipinski definition) is 1. The van der Waals surface area contributed by atoms with Crippen LogP contribution in [0.1, 0.15) is 30.9 Å². The van der Waals surface area contributed by atoms with Gasteiger partial charge in [-0.2, -0.15) is 4.98 Å². The van der Waals surface area contributed by atoms with Gasteiger partial charge in [0, 0.05) is 18.2 Å². The molecule has 5 nitrogen and oxygen atoms in total. The van der Waals surface area contributed by atoms with Gasteiger partial charge in [0.1, 0.15) is 5.82 Å². The predicted octanol–water partition coefficient (Wildman–Crippen LogP) is 0.851. The first kappa shape index (κ1) is 12.5. The zero-order valence-electron chi connectivity index (χ0n) is 10.9. The molecule has 1 N–H and O–H groups in total. The SMILES string of the molecule is Cc1c(CNC(=O)C(C)C)c(=O)nc2n1CC=C2. The van der Waals surface area contributed by atoms with Gasteiger partial charge < -0.3 is 9.88 Å². The van der Waals surface area contributed by atoms with Gasteiger partial charge in [0.05, 0.1) is 12.1 Å². The molecule has 96 valence electrons. The molecule has 1 aromatic rings. The van der Waals surface area contributed by atoms with Crippen molar-refractivity contribution in [3.8, 4) is 0 Å². The molecule has 0 radical (unpaired) electrons. The molecular weight excluding hydrogens is 230 g/mol. The van der Waals surface area contributed by atoms with Crippen molar-refractivity contribution in [3.05, 3.63) is 33.5 Å². The van der Waals surface area contributed by atoms with E-state index in [-0.39, 0.29) is 23.9 Å². The number of carbonyl (C=O) groups excluding carboxylic acids is 1. The van der Waals surface area contributed by atoms with Crippen molar-refractivity contribution in [1.82, 2.24) is 14.9 Å². The van der Waals surface area contributed by atoms with Crippen LogP contribution in [0.3, 0.4) is 0 Å². The molecule has 0 atom stereocenters. The Bertz CT molecular complexity index is 570. The van der Waals surface area contributed by atoms with Gasteiger partial charge in [-0.3, -0.25) is 9.59 Å². The van der Waals surface area contributed by atoms with Crippen LogP contribution in [-0.4, -0.2) is 15.5 Å². The highest BCUT2D eigenvalue weighted by molar-refractivity contribution is 5.77. The first-order valence-corrected chi connectivity index (χ1v) is 6.05. The zero-order chi connectivity index (χ0) is 13.3. The molecule has 0 bridgehead atoms. The molecule has 5 heteroatoms. The number of rotatable bonds is 3. The Morgan fingerprint density at radius 1 is 1.56 bits per heavy atom. The molecule has 0 spiro atoms. The van der Waals surface area contributed by atoms with Gasteiger partial charge in [0.15, 0.2) is 0 Å². The van der Waals surface area contributed by atoms with Crippen LogP contribution < -0.4 is 10.9 Å². The summed E-state index contributed by atoms with van der Waals surface area (Å²) in [7, 11) is 0. The van der Waals surface area contributed by atoms with Crippen LogP contribution >= 0.6 is 0 Å². The van der Waals surface area contributed by atoms with Gasteiger partial charge in [0.25, 0.3) is 5.56 Å². The Morgan fingerprint density at radius 3 is 2.94 bits per heavy atom. The van der Waals surface area contributed by atoms with Crippen molar-refractivity contribution < 1.29 is 4.79 Å². The fourth-order valence-corrected chi connectivity index (χ4v) is 1.93. The summed E-state index contributed by atoms with van der Waals surface area (Å²) in [6.07, 6.45) is 3.80. The topological polar surface area (TPSA) is 64.0 Å². The van der Waals surface area contributed by atoms with Gasteiger partial charge in [-0.1, -0.05) is 19.9 Å². The lowest BCUT2D eigenvalue weighted by molar-refractivity contribution is -0.124. The van der Waals surface area contributed by atoms with Crippen molar-refractivity contribution in [1.29, 1.82) is 0 Å². The Morgan fingerprint density at radius 2 is 2.28 bits per heavy atom. The Kier molecular flexibility index (Phi) is 3.32. The zero-order valence-corrected chi connectivity index (χ0v) is 10.9. The Balaban J connectivity index is 2.25. The highest BCUT2D eigenvalue weighted by Crippen LogP contribution is 2.12. The minimum atomic E-state index is -0.255. The summed E-state index contributed by atoms with van der Waals surface area (Å²) in [6, 6.07) is 0. The monoisotopic (exact) mass is 247 g/mol. The van der Waals surface area contributed by atoms with Crippen LogP contribution in [0.4, 0.5) is 0 Å². The van der Waals surface area contributed by atoms with E-state index in [9.17, 15) is 9.59 Å². The maximum Gasteiger partial charge on any atom is 0.278 e. The molecule has 2 rings (SSSR count). The Labute approximate surface area is 106 Å². The van der Waals surface area contributed by atoms with E-state index in [1.165, 1.54) is 0 Å². The van der Waals surface area contributed by atoms with Crippen LogP contribution in [0, 0.1) is 12.8 Å². The largest absolute Gasteiger partial charge is 0.352 e. The number of nitrogens with one attached hydrogen (secondary N) is 1. The Hall–Kier alpha value is -1.91. The number of nitrogens with zero attached hydrogens (tertiary/aromatic N) is 2. The minimum absolute atomic E-state index is 0.0579. The lowest BCUT2D eigenvalue weighted by atomic mass is 10.2. The van der Waals surface area contributed by atoms with E-state index in [4.69, 9.17) is 0 Å². The fourth-order valence-electron chi connectivity index (χ4n) is 1.93. The molecule has 1 aliphatic rings. The van der Waals surface area contributed by atoms with Gasteiger partial charge in [-0.15, -0.1) is 0 Å². The van der Waals surface area contributed by atoms with E-state index in [2.05, 4.69) is 10.3 Å². The second-order valence-electron chi connectivity index (χ2n) is 4.72. The first-order valence-electron chi connectivity index (χ1n) is 6.05. The molecule has 0 saturated carbocycles. The summed E-state index contributed by atoms with van der Waals surface area (Å²) in [4.78, 5) is 27.4. The molecule has 0 unspecified atom stereocenters. The number of hydrogen-bond acceptors (Lipinski definition) is 3. The maximum atomic E-state index is 11.9. The number of aromatic nitrogens is 2. The molecule has 0 saturated heterocycles. The highest BCUT2D eigenvalue weighted by atomic mass is 16.2. The van der Waals surface area contributed by atoms with Crippen molar-refractivity contribution in [2.24, 2.45) is 5.92 Å². The van der Waals surface area contributed by atoms with Crippen molar-refractivity contribution in [3.63, 3.8) is 0 Å². The standard InChI is InChI=1S/C13H17N3O2/c1-8(2)12(17)14-7-10-9(3)16-6-4-5-11(16)15-13(10)18/h4-5,8H,6-7H2,1-3H3,(H,14,17). The molecule has 18 heavy (non-hydrogen) atoms. The number of fused-ring (bicyclic) bond motifs is 1. The van der Waals surface area contributed by atoms with Crippen LogP contribution in [0.5, 0.6) is 0 Å². The van der Waals surface area contributed by atoms with Crippen LogP contribution in [0.2, 0.25) is 0 Å². The van der Waals surface area contributed by atoms with Gasteiger partial charge in [-0.05, 0) is 13.0 Å². The molecule has 2 heterocycles. The summed E-state index contributed by atoms with van der Waals surface area (Å²) in [5, 5.41) is 2.76. The molecule has 1 amide bonds. The lowest BCUT2D eigenvalue weighted by Gasteiger charge is -2.13. The van der Waals surface area contributed by atoms with Gasteiger partial charge in [-0.25, -0.2) is 0 Å². The normalized spacial score (nSPS) is 12.9. The fraction of sp³-hybridized carbons (Fsp3) is 0.462. The minimum Gasteiger partial charge on any atom is -0.352 e. The van der Waals surface area contributed by atoms with E-state index in [0.29, 0.717) is 11.4 Å². The first-order chi connectivity index (χ1) is 8.50. The maximum absolute atomic E-state index is 11.9. The predicted molar refractivity (Wildman–Crippen MR) is 69.0 cm³/mol. The van der Waals surface area contributed by atoms with E-state index < -0.39 is 0 Å². The number of amides is 1. The third-order valence-electron chi connectivity index (χ3n) is 3.11. The summed E-state index contributed by atoms with van der Waals surface area (Å²) < 4.78 is 1.97. The molecule has 0 aliphatic carbocycles. The summed E-state index contributed by atoms with van der Waals surface area (Å²) in [5.41, 5.74) is 1.19. The summed E-state index contributed by atoms with van der Waals surface area (Å²) in [6.45, 7) is 6.50. The molecular formula is C13H17N3O2. The average Bonchev–Trinajstić information content (AvgIpc) is 2.76. The van der Waals surface area contributed by atoms with E-state index in [0.717, 1.165) is 12.2 Å². The van der Waals surface area contributed by atoms with E-state index in [1.807, 2.05) is 37.5 Å². The second kappa shape index (κ2) is 4.76. The quantitative estimate of drug-likeness (QED) is 0.861. The van der Waals surface area contributed by atoms with E-state index >= 15 is 0 Å². The lowest BCUT2D eigenvalue weighted by Crippen LogP contribution is -2.32. The molecule has 0 fully saturated rings. The molecule has 1 aliphatic heterocycles. The van der Waals surface area contributed by atoms with Crippen LogP contribution in [0.15, 0.2) is 10.9 Å². The van der Waals surface area contributed by atoms with Gasteiger partial charge >= 0.3 is 0 Å². The molecule has 1 aromatic heterocycles.